The maximum Gasteiger partial charge on any atom is 0.251 e. The number of carbonyl (C=O) groups is 1. The summed E-state index contributed by atoms with van der Waals surface area (Å²) in [5.41, 5.74) is 1.11. The zero-order valence-corrected chi connectivity index (χ0v) is 14.8. The summed E-state index contributed by atoms with van der Waals surface area (Å²) in [6.07, 6.45) is 6.39. The summed E-state index contributed by atoms with van der Waals surface area (Å²) in [7, 11) is 0. The number of piperidine rings is 1. The fourth-order valence-electron chi connectivity index (χ4n) is 4.15. The highest BCUT2D eigenvalue weighted by atomic mass is 16.5. The largest absolute Gasteiger partial charge is 0.378 e. The van der Waals surface area contributed by atoms with Gasteiger partial charge < -0.3 is 19.3 Å². The van der Waals surface area contributed by atoms with Crippen molar-refractivity contribution in [3.05, 3.63) is 18.0 Å². The lowest BCUT2D eigenvalue weighted by atomic mass is 9.78. The Morgan fingerprint density at radius 2 is 2.00 bits per heavy atom. The molecule has 7 heteroatoms. The van der Waals surface area contributed by atoms with Crippen LogP contribution in [0.4, 0.5) is 5.95 Å². The molecule has 4 heterocycles. The first kappa shape index (κ1) is 16.7. The first-order valence-electron chi connectivity index (χ1n) is 9.17. The number of ether oxygens (including phenoxy) is 2. The first-order valence-corrected chi connectivity index (χ1v) is 9.17. The molecule has 0 saturated carbocycles. The van der Waals surface area contributed by atoms with Crippen molar-refractivity contribution in [3.63, 3.8) is 0 Å². The summed E-state index contributed by atoms with van der Waals surface area (Å²) in [6.45, 7) is 7.08. The summed E-state index contributed by atoms with van der Waals surface area (Å²) in [6, 6.07) is 0. The molecule has 3 saturated heterocycles. The predicted molar refractivity (Wildman–Crippen MR) is 92.4 cm³/mol. The molecule has 25 heavy (non-hydrogen) atoms. The minimum atomic E-state index is -0.308. The first-order chi connectivity index (χ1) is 12.2. The summed E-state index contributed by atoms with van der Waals surface area (Å²) in [4.78, 5) is 25.8. The van der Waals surface area contributed by atoms with Crippen molar-refractivity contribution < 1.29 is 14.3 Å². The van der Waals surface area contributed by atoms with Gasteiger partial charge in [-0.2, -0.15) is 0 Å². The van der Waals surface area contributed by atoms with Crippen LogP contribution in [0.15, 0.2) is 12.4 Å². The molecule has 1 aromatic heterocycles. The number of amides is 1. The lowest BCUT2D eigenvalue weighted by Gasteiger charge is -2.39. The van der Waals surface area contributed by atoms with E-state index in [-0.39, 0.29) is 17.4 Å². The Bertz CT molecular complexity index is 617. The highest BCUT2D eigenvalue weighted by Gasteiger charge is 2.46. The number of hydrogen-bond donors (Lipinski definition) is 0. The number of anilines is 1. The molecular formula is C18H26N4O3. The average Bonchev–Trinajstić information content (AvgIpc) is 3.05. The van der Waals surface area contributed by atoms with Crippen molar-refractivity contribution in [3.8, 4) is 0 Å². The van der Waals surface area contributed by atoms with Gasteiger partial charge in [0.25, 0.3) is 5.91 Å². The van der Waals surface area contributed by atoms with Gasteiger partial charge in [0.15, 0.2) is 0 Å². The molecule has 0 N–H and O–H groups in total. The monoisotopic (exact) mass is 346 g/mol. The molecule has 1 amide bonds. The van der Waals surface area contributed by atoms with Gasteiger partial charge in [-0.1, -0.05) is 0 Å². The average molecular weight is 346 g/mol. The second kappa shape index (κ2) is 6.88. The van der Waals surface area contributed by atoms with Gasteiger partial charge >= 0.3 is 0 Å². The third kappa shape index (κ3) is 3.48. The van der Waals surface area contributed by atoms with Crippen LogP contribution in [-0.4, -0.2) is 72.9 Å². The summed E-state index contributed by atoms with van der Waals surface area (Å²) in [5.74, 6) is 0.913. The number of morpholine rings is 1. The molecule has 136 valence electrons. The molecule has 0 unspecified atom stereocenters. The smallest absolute Gasteiger partial charge is 0.251 e. The van der Waals surface area contributed by atoms with Gasteiger partial charge in [-0.05, 0) is 31.7 Å². The topological polar surface area (TPSA) is 67.8 Å². The zero-order chi connectivity index (χ0) is 17.3. The Balaban J connectivity index is 1.42. The highest BCUT2D eigenvalue weighted by molar-refractivity contribution is 5.81. The fourth-order valence-corrected chi connectivity index (χ4v) is 4.15. The number of carbonyl (C=O) groups excluding carboxylic acids is 1. The molecule has 0 bridgehead atoms. The Hall–Kier alpha value is -1.73. The number of aryl methyl sites for hydroxylation is 1. The Labute approximate surface area is 148 Å². The Kier molecular flexibility index (Phi) is 4.60. The van der Waals surface area contributed by atoms with Crippen LogP contribution in [0.2, 0.25) is 0 Å². The fraction of sp³-hybridized carbons (Fsp3) is 0.722. The third-order valence-electron chi connectivity index (χ3n) is 5.52. The van der Waals surface area contributed by atoms with Crippen molar-refractivity contribution in [2.24, 2.45) is 5.41 Å². The van der Waals surface area contributed by atoms with Gasteiger partial charge in [0.05, 0.1) is 19.8 Å². The van der Waals surface area contributed by atoms with E-state index < -0.39 is 0 Å². The van der Waals surface area contributed by atoms with E-state index in [0.29, 0.717) is 32.9 Å². The minimum absolute atomic E-state index is 0.0408. The zero-order valence-electron chi connectivity index (χ0n) is 14.8. The van der Waals surface area contributed by atoms with Gasteiger partial charge in [0.2, 0.25) is 5.95 Å². The van der Waals surface area contributed by atoms with Crippen molar-refractivity contribution in [1.82, 2.24) is 14.9 Å². The number of hydrogen-bond acceptors (Lipinski definition) is 6. The van der Waals surface area contributed by atoms with Crippen LogP contribution in [-0.2, 0) is 14.3 Å². The maximum absolute atomic E-state index is 12.7. The van der Waals surface area contributed by atoms with Gasteiger partial charge in [0.1, 0.15) is 6.10 Å². The van der Waals surface area contributed by atoms with Crippen LogP contribution >= 0.6 is 0 Å². The van der Waals surface area contributed by atoms with E-state index in [1.165, 1.54) is 0 Å². The van der Waals surface area contributed by atoms with Gasteiger partial charge in [0, 0.05) is 44.0 Å². The van der Waals surface area contributed by atoms with E-state index in [1.54, 1.807) is 0 Å². The molecule has 2 atom stereocenters. The van der Waals surface area contributed by atoms with Crippen LogP contribution in [0.1, 0.15) is 24.8 Å². The van der Waals surface area contributed by atoms with Crippen molar-refractivity contribution in [2.45, 2.75) is 32.3 Å². The SMILES string of the molecule is Cc1cnc(N2CCC[C@@]3(CO[C@H](C(=O)N4CCOCC4)C3)C2)nc1. The molecule has 0 radical (unpaired) electrons. The maximum atomic E-state index is 12.7. The molecule has 1 spiro atoms. The molecule has 1 aromatic rings. The summed E-state index contributed by atoms with van der Waals surface area (Å²) in [5, 5.41) is 0. The molecule has 0 aromatic carbocycles. The molecule has 0 aliphatic carbocycles. The van der Waals surface area contributed by atoms with Gasteiger partial charge in [-0.15, -0.1) is 0 Å². The van der Waals surface area contributed by atoms with E-state index in [4.69, 9.17) is 9.47 Å². The molecule has 7 nitrogen and oxygen atoms in total. The van der Waals surface area contributed by atoms with Crippen LogP contribution in [0.25, 0.3) is 0 Å². The Morgan fingerprint density at radius 1 is 1.24 bits per heavy atom. The van der Waals surface area contributed by atoms with Crippen LogP contribution in [0.5, 0.6) is 0 Å². The van der Waals surface area contributed by atoms with Crippen molar-refractivity contribution in [2.75, 3.05) is 50.9 Å². The number of nitrogens with zero attached hydrogens (tertiary/aromatic N) is 4. The van der Waals surface area contributed by atoms with Crippen LogP contribution in [0.3, 0.4) is 0 Å². The van der Waals surface area contributed by atoms with Crippen LogP contribution < -0.4 is 4.90 Å². The van der Waals surface area contributed by atoms with Crippen LogP contribution in [0, 0.1) is 12.3 Å². The minimum Gasteiger partial charge on any atom is -0.378 e. The quantitative estimate of drug-likeness (QED) is 0.796. The van der Waals surface area contributed by atoms with E-state index in [2.05, 4.69) is 14.9 Å². The molecule has 3 fully saturated rings. The number of rotatable bonds is 2. The second-order valence-corrected chi connectivity index (χ2v) is 7.53. The normalized spacial score (nSPS) is 30.0. The molecule has 3 aliphatic rings. The summed E-state index contributed by atoms with van der Waals surface area (Å²) < 4.78 is 11.3. The van der Waals surface area contributed by atoms with Gasteiger partial charge in [-0.3, -0.25) is 4.79 Å². The molecular weight excluding hydrogens is 320 g/mol. The van der Waals surface area contributed by atoms with Gasteiger partial charge in [-0.25, -0.2) is 9.97 Å². The second-order valence-electron chi connectivity index (χ2n) is 7.53. The highest BCUT2D eigenvalue weighted by Crippen LogP contribution is 2.41. The lowest BCUT2D eigenvalue weighted by Crippen LogP contribution is -2.47. The van der Waals surface area contributed by atoms with Crippen molar-refractivity contribution in [1.29, 1.82) is 0 Å². The molecule has 3 aliphatic heterocycles. The van der Waals surface area contributed by atoms with Crippen molar-refractivity contribution >= 4 is 11.9 Å². The Morgan fingerprint density at radius 3 is 2.76 bits per heavy atom. The van der Waals surface area contributed by atoms with E-state index >= 15 is 0 Å². The van der Waals surface area contributed by atoms with E-state index in [9.17, 15) is 4.79 Å². The predicted octanol–water partition coefficient (Wildman–Crippen LogP) is 1.02. The number of aromatic nitrogens is 2. The lowest BCUT2D eigenvalue weighted by molar-refractivity contribution is -0.144. The molecule has 4 rings (SSSR count). The van der Waals surface area contributed by atoms with E-state index in [0.717, 1.165) is 43.9 Å². The third-order valence-corrected chi connectivity index (χ3v) is 5.52. The van der Waals surface area contributed by atoms with E-state index in [1.807, 2.05) is 24.2 Å². The standard InChI is InChI=1S/C18H26N4O3/c1-14-10-19-17(20-11-14)22-4-2-3-18(12-22)9-15(25-13-18)16(23)21-5-7-24-8-6-21/h10-11,15H,2-9,12-13H2,1H3/t15-,18-/m0/s1. The summed E-state index contributed by atoms with van der Waals surface area (Å²) >= 11 is 0.